The number of halogens is 1. The molecule has 0 saturated heterocycles. The third-order valence-electron chi connectivity index (χ3n) is 3.41. The minimum Gasteiger partial charge on any atom is -0.355 e. The molecular weight excluding hydrogens is 248 g/mol. The van der Waals surface area contributed by atoms with Crippen molar-refractivity contribution in [3.05, 3.63) is 34.9 Å². The van der Waals surface area contributed by atoms with Gasteiger partial charge in [-0.05, 0) is 37.3 Å². The lowest BCUT2D eigenvalue weighted by molar-refractivity contribution is -0.120. The Balaban J connectivity index is 1.74. The summed E-state index contributed by atoms with van der Waals surface area (Å²) < 4.78 is 0. The van der Waals surface area contributed by atoms with Crippen molar-refractivity contribution in [2.75, 3.05) is 13.1 Å². The molecular formula is C14H19ClN2O. The average Bonchev–Trinajstić information content (AvgIpc) is 2.29. The Bertz CT molecular complexity index is 416. The summed E-state index contributed by atoms with van der Waals surface area (Å²) in [6.07, 6.45) is 2.12. The number of nitrogens with one attached hydrogen (secondary N) is 2. The van der Waals surface area contributed by atoms with Crippen LogP contribution in [0.3, 0.4) is 0 Å². The van der Waals surface area contributed by atoms with E-state index in [0.717, 1.165) is 17.9 Å². The van der Waals surface area contributed by atoms with E-state index in [4.69, 9.17) is 11.6 Å². The number of carbonyl (C=O) groups is 1. The lowest BCUT2D eigenvalue weighted by Crippen LogP contribution is -2.45. The Labute approximate surface area is 113 Å². The monoisotopic (exact) mass is 266 g/mol. The first kappa shape index (κ1) is 13.4. The molecule has 4 heteroatoms. The van der Waals surface area contributed by atoms with Gasteiger partial charge >= 0.3 is 0 Å². The van der Waals surface area contributed by atoms with E-state index >= 15 is 0 Å². The summed E-state index contributed by atoms with van der Waals surface area (Å²) in [7, 11) is 0. The summed E-state index contributed by atoms with van der Waals surface area (Å²) >= 11 is 6.16. The van der Waals surface area contributed by atoms with Gasteiger partial charge in [0.15, 0.2) is 0 Å². The van der Waals surface area contributed by atoms with Crippen LogP contribution >= 0.6 is 11.6 Å². The fraction of sp³-hybridized carbons (Fsp3) is 0.500. The molecule has 0 spiro atoms. The fourth-order valence-corrected chi connectivity index (χ4v) is 2.63. The highest BCUT2D eigenvalue weighted by Gasteiger charge is 2.31. The molecule has 0 unspecified atom stereocenters. The Morgan fingerprint density at radius 2 is 2.11 bits per heavy atom. The average molecular weight is 267 g/mol. The number of hydrogen-bond donors (Lipinski definition) is 2. The van der Waals surface area contributed by atoms with Crippen LogP contribution < -0.4 is 10.6 Å². The fourth-order valence-electron chi connectivity index (χ4n) is 2.34. The van der Waals surface area contributed by atoms with Crippen LogP contribution in [-0.2, 0) is 4.79 Å². The van der Waals surface area contributed by atoms with Crippen LogP contribution in [0.1, 0.15) is 31.2 Å². The summed E-state index contributed by atoms with van der Waals surface area (Å²) in [5.41, 5.74) is 1.23. The molecule has 1 amide bonds. The largest absolute Gasteiger partial charge is 0.355 e. The first-order valence-electron chi connectivity index (χ1n) is 6.45. The molecule has 1 aromatic rings. The Hall–Kier alpha value is -1.06. The van der Waals surface area contributed by atoms with Crippen molar-refractivity contribution in [3.63, 3.8) is 0 Å². The van der Waals surface area contributed by atoms with E-state index in [1.54, 1.807) is 0 Å². The molecule has 3 nitrogen and oxygen atoms in total. The van der Waals surface area contributed by atoms with Crippen molar-refractivity contribution >= 4 is 17.5 Å². The van der Waals surface area contributed by atoms with E-state index in [0.29, 0.717) is 25.0 Å². The van der Waals surface area contributed by atoms with Crippen LogP contribution in [0.2, 0.25) is 5.02 Å². The van der Waals surface area contributed by atoms with E-state index in [1.807, 2.05) is 25.1 Å². The highest BCUT2D eigenvalue weighted by Crippen LogP contribution is 2.39. The molecule has 98 valence electrons. The third kappa shape index (κ3) is 3.24. The summed E-state index contributed by atoms with van der Waals surface area (Å²) in [6.45, 7) is 3.02. The van der Waals surface area contributed by atoms with Crippen molar-refractivity contribution in [1.82, 2.24) is 10.6 Å². The molecule has 0 heterocycles. The maximum Gasteiger partial charge on any atom is 0.233 e. The third-order valence-corrected chi connectivity index (χ3v) is 3.75. The maximum atomic E-state index is 11.3. The molecule has 1 saturated carbocycles. The predicted molar refractivity (Wildman–Crippen MR) is 73.9 cm³/mol. The van der Waals surface area contributed by atoms with Crippen LogP contribution in [0.15, 0.2) is 24.3 Å². The summed E-state index contributed by atoms with van der Waals surface area (Å²) in [4.78, 5) is 11.3. The van der Waals surface area contributed by atoms with Crippen LogP contribution in [0.5, 0.6) is 0 Å². The quantitative estimate of drug-likeness (QED) is 0.859. The molecule has 0 aromatic heterocycles. The standard InChI is InChI=1S/C14H19ClN2O/c1-2-16-14(18)9-17-11-7-10(8-11)12-5-3-4-6-13(12)15/h3-6,10-11,17H,2,7-9H2,1H3,(H,16,18). The van der Waals surface area contributed by atoms with Gasteiger partial charge in [-0.25, -0.2) is 0 Å². The lowest BCUT2D eigenvalue weighted by atomic mass is 9.76. The number of carbonyl (C=O) groups excluding carboxylic acids is 1. The van der Waals surface area contributed by atoms with Gasteiger partial charge in [-0.15, -0.1) is 0 Å². The Kier molecular flexibility index (Phi) is 4.61. The van der Waals surface area contributed by atoms with Crippen molar-refractivity contribution in [3.8, 4) is 0 Å². The minimum absolute atomic E-state index is 0.0682. The number of rotatable bonds is 5. The van der Waals surface area contributed by atoms with E-state index in [9.17, 15) is 4.79 Å². The van der Waals surface area contributed by atoms with Gasteiger partial charge in [0.05, 0.1) is 6.54 Å². The smallest absolute Gasteiger partial charge is 0.233 e. The zero-order chi connectivity index (χ0) is 13.0. The van der Waals surface area contributed by atoms with Gasteiger partial charge in [-0.3, -0.25) is 4.79 Å². The Morgan fingerprint density at radius 1 is 1.39 bits per heavy atom. The van der Waals surface area contributed by atoms with Crippen LogP contribution in [0.25, 0.3) is 0 Å². The number of likely N-dealkylation sites (N-methyl/N-ethyl adjacent to an activating group) is 1. The molecule has 0 aliphatic heterocycles. The first-order chi connectivity index (χ1) is 8.70. The second-order valence-electron chi connectivity index (χ2n) is 4.72. The van der Waals surface area contributed by atoms with Crippen molar-refractivity contribution in [2.45, 2.75) is 31.7 Å². The molecule has 1 aliphatic rings. The predicted octanol–water partition coefficient (Wildman–Crippen LogP) is 2.31. The van der Waals surface area contributed by atoms with Crippen LogP contribution in [0, 0.1) is 0 Å². The maximum absolute atomic E-state index is 11.3. The van der Waals surface area contributed by atoms with Gasteiger partial charge in [0.2, 0.25) is 5.91 Å². The van der Waals surface area contributed by atoms with Gasteiger partial charge in [-0.1, -0.05) is 29.8 Å². The van der Waals surface area contributed by atoms with Gasteiger partial charge in [0.1, 0.15) is 0 Å². The number of benzene rings is 1. The number of hydrogen-bond acceptors (Lipinski definition) is 2. The highest BCUT2D eigenvalue weighted by molar-refractivity contribution is 6.31. The molecule has 0 bridgehead atoms. The zero-order valence-electron chi connectivity index (χ0n) is 10.6. The second-order valence-corrected chi connectivity index (χ2v) is 5.13. The van der Waals surface area contributed by atoms with Crippen molar-refractivity contribution in [2.24, 2.45) is 0 Å². The molecule has 0 atom stereocenters. The Morgan fingerprint density at radius 3 is 2.78 bits per heavy atom. The van der Waals surface area contributed by atoms with Crippen molar-refractivity contribution < 1.29 is 4.79 Å². The molecule has 2 N–H and O–H groups in total. The number of amides is 1. The SMILES string of the molecule is CCNC(=O)CNC1CC(c2ccccc2Cl)C1. The first-order valence-corrected chi connectivity index (χ1v) is 6.83. The van der Waals surface area contributed by atoms with E-state index in [1.165, 1.54) is 5.56 Å². The van der Waals surface area contributed by atoms with Crippen molar-refractivity contribution in [1.29, 1.82) is 0 Å². The molecule has 1 fully saturated rings. The summed E-state index contributed by atoms with van der Waals surface area (Å²) in [5.74, 6) is 0.601. The van der Waals surface area contributed by atoms with E-state index in [2.05, 4.69) is 16.7 Å². The topological polar surface area (TPSA) is 41.1 Å². The van der Waals surface area contributed by atoms with E-state index < -0.39 is 0 Å². The van der Waals surface area contributed by atoms with Gasteiger partial charge in [0.25, 0.3) is 0 Å². The summed E-state index contributed by atoms with van der Waals surface area (Å²) in [6, 6.07) is 8.44. The van der Waals surface area contributed by atoms with Gasteiger partial charge in [-0.2, -0.15) is 0 Å². The lowest BCUT2D eigenvalue weighted by Gasteiger charge is -2.36. The highest BCUT2D eigenvalue weighted by atomic mass is 35.5. The molecule has 0 radical (unpaired) electrons. The molecule has 1 aliphatic carbocycles. The van der Waals surface area contributed by atoms with Crippen LogP contribution in [-0.4, -0.2) is 25.0 Å². The van der Waals surface area contributed by atoms with E-state index in [-0.39, 0.29) is 5.91 Å². The zero-order valence-corrected chi connectivity index (χ0v) is 11.3. The summed E-state index contributed by atoms with van der Waals surface area (Å²) in [5, 5.41) is 6.90. The van der Waals surface area contributed by atoms with Gasteiger partial charge < -0.3 is 10.6 Å². The molecule has 1 aromatic carbocycles. The van der Waals surface area contributed by atoms with Crippen LogP contribution in [0.4, 0.5) is 0 Å². The second kappa shape index (κ2) is 6.21. The molecule has 2 rings (SSSR count). The normalized spacial score (nSPS) is 22.3. The minimum atomic E-state index is 0.0682. The molecule has 18 heavy (non-hydrogen) atoms. The van der Waals surface area contributed by atoms with Gasteiger partial charge in [0, 0.05) is 17.6 Å².